The molecule has 1 atom stereocenters. The summed E-state index contributed by atoms with van der Waals surface area (Å²) in [5.74, 6) is 0.869. The predicted molar refractivity (Wildman–Crippen MR) is 96.1 cm³/mol. The number of aromatic nitrogens is 2. The lowest BCUT2D eigenvalue weighted by Gasteiger charge is -2.24. The van der Waals surface area contributed by atoms with Crippen molar-refractivity contribution in [1.82, 2.24) is 14.9 Å². The van der Waals surface area contributed by atoms with Crippen LogP contribution in [-0.4, -0.2) is 54.2 Å². The summed E-state index contributed by atoms with van der Waals surface area (Å²) >= 11 is 0. The number of para-hydroxylation sites is 1. The summed E-state index contributed by atoms with van der Waals surface area (Å²) in [7, 11) is 1.60. The maximum absolute atomic E-state index is 12.8. The Labute approximate surface area is 152 Å². The fourth-order valence-corrected chi connectivity index (χ4v) is 3.17. The van der Waals surface area contributed by atoms with Crippen molar-refractivity contribution in [3.8, 4) is 5.75 Å². The molecule has 2 aromatic rings. The first kappa shape index (κ1) is 18.1. The topological polar surface area (TPSA) is 84.5 Å². The van der Waals surface area contributed by atoms with Gasteiger partial charge in [0.2, 0.25) is 5.91 Å². The molecular weight excluding hydrogens is 334 g/mol. The number of hydrogen-bond acceptors (Lipinski definition) is 5. The SMILES string of the molecule is COc1ccccc1CC(=O)N1CCOCC(Cc2cc(=O)[nH]cn2)C1. The summed E-state index contributed by atoms with van der Waals surface area (Å²) in [6, 6.07) is 9.04. The summed E-state index contributed by atoms with van der Waals surface area (Å²) in [4.78, 5) is 32.8. The number of ether oxygens (including phenoxy) is 2. The van der Waals surface area contributed by atoms with Gasteiger partial charge in [0.05, 0.1) is 33.1 Å². The molecule has 7 nitrogen and oxygen atoms in total. The van der Waals surface area contributed by atoms with Crippen molar-refractivity contribution in [2.75, 3.05) is 33.4 Å². The van der Waals surface area contributed by atoms with Crippen LogP contribution in [0.25, 0.3) is 0 Å². The third-order valence-electron chi connectivity index (χ3n) is 4.46. The average Bonchev–Trinajstić information content (AvgIpc) is 2.88. The molecule has 2 heterocycles. The largest absolute Gasteiger partial charge is 0.496 e. The summed E-state index contributed by atoms with van der Waals surface area (Å²) in [5, 5.41) is 0. The Kier molecular flexibility index (Phi) is 6.01. The number of nitrogens with one attached hydrogen (secondary N) is 1. The second-order valence-corrected chi connectivity index (χ2v) is 6.38. The number of benzene rings is 1. The number of H-pyrrole nitrogens is 1. The molecule has 0 radical (unpaired) electrons. The minimum absolute atomic E-state index is 0.0452. The second-order valence-electron chi connectivity index (χ2n) is 6.38. The van der Waals surface area contributed by atoms with E-state index in [4.69, 9.17) is 9.47 Å². The standard InChI is InChI=1S/C19H23N3O4/c1-25-17-5-3-2-4-15(17)9-19(24)22-6-7-26-12-14(11-22)8-16-10-18(23)21-13-20-16/h2-5,10,13-14H,6-9,11-12H2,1H3,(H,20,21,23). The minimum atomic E-state index is -0.173. The van der Waals surface area contributed by atoms with Crippen molar-refractivity contribution in [1.29, 1.82) is 0 Å². The molecule has 3 rings (SSSR count). The molecule has 7 heteroatoms. The Morgan fingerprint density at radius 2 is 2.27 bits per heavy atom. The van der Waals surface area contributed by atoms with Crippen LogP contribution in [-0.2, 0) is 22.4 Å². The molecule has 1 amide bonds. The molecule has 0 bridgehead atoms. The molecule has 1 aliphatic rings. The van der Waals surface area contributed by atoms with Crippen molar-refractivity contribution in [3.63, 3.8) is 0 Å². The van der Waals surface area contributed by atoms with Gasteiger partial charge in [-0.15, -0.1) is 0 Å². The van der Waals surface area contributed by atoms with E-state index in [1.165, 1.54) is 12.4 Å². The molecular formula is C19H23N3O4. The van der Waals surface area contributed by atoms with Gasteiger partial charge in [-0.2, -0.15) is 0 Å². The third-order valence-corrected chi connectivity index (χ3v) is 4.46. The van der Waals surface area contributed by atoms with Gasteiger partial charge in [-0.1, -0.05) is 18.2 Å². The Morgan fingerprint density at radius 1 is 1.42 bits per heavy atom. The fraction of sp³-hybridized carbons (Fsp3) is 0.421. The van der Waals surface area contributed by atoms with Crippen LogP contribution in [0.4, 0.5) is 0 Å². The number of methoxy groups -OCH3 is 1. The lowest BCUT2D eigenvalue weighted by atomic mass is 10.0. The maximum Gasteiger partial charge on any atom is 0.250 e. The van der Waals surface area contributed by atoms with E-state index in [1.807, 2.05) is 29.2 Å². The predicted octanol–water partition coefficient (Wildman–Crippen LogP) is 1.04. The maximum atomic E-state index is 12.8. The molecule has 0 saturated carbocycles. The summed E-state index contributed by atoms with van der Waals surface area (Å²) in [6.45, 7) is 2.21. The first-order valence-electron chi connectivity index (χ1n) is 8.66. The highest BCUT2D eigenvalue weighted by molar-refractivity contribution is 5.79. The Balaban J connectivity index is 1.66. The molecule has 1 fully saturated rings. The van der Waals surface area contributed by atoms with Crippen LogP contribution in [0.3, 0.4) is 0 Å². The molecule has 1 unspecified atom stereocenters. The normalized spacial score (nSPS) is 17.6. The fourth-order valence-electron chi connectivity index (χ4n) is 3.17. The number of nitrogens with zero attached hydrogens (tertiary/aromatic N) is 2. The van der Waals surface area contributed by atoms with Gasteiger partial charge in [-0.25, -0.2) is 4.98 Å². The van der Waals surface area contributed by atoms with E-state index in [0.717, 1.165) is 11.3 Å². The van der Waals surface area contributed by atoms with E-state index in [2.05, 4.69) is 9.97 Å². The number of rotatable bonds is 5. The summed E-state index contributed by atoms with van der Waals surface area (Å²) in [6.07, 6.45) is 2.29. The molecule has 138 valence electrons. The lowest BCUT2D eigenvalue weighted by Crippen LogP contribution is -2.37. The van der Waals surface area contributed by atoms with E-state index in [1.54, 1.807) is 7.11 Å². The van der Waals surface area contributed by atoms with Crippen LogP contribution in [0.2, 0.25) is 0 Å². The highest BCUT2D eigenvalue weighted by Gasteiger charge is 2.24. The average molecular weight is 357 g/mol. The van der Waals surface area contributed by atoms with E-state index in [0.29, 0.717) is 44.8 Å². The van der Waals surface area contributed by atoms with Crippen LogP contribution < -0.4 is 10.3 Å². The van der Waals surface area contributed by atoms with Gasteiger partial charge >= 0.3 is 0 Å². The van der Waals surface area contributed by atoms with Crippen molar-refractivity contribution in [3.05, 3.63) is 58.3 Å². The van der Waals surface area contributed by atoms with Gasteiger partial charge in [-0.05, 0) is 12.5 Å². The number of amides is 1. The molecule has 1 saturated heterocycles. The van der Waals surface area contributed by atoms with E-state index in [9.17, 15) is 9.59 Å². The highest BCUT2D eigenvalue weighted by atomic mass is 16.5. The highest BCUT2D eigenvalue weighted by Crippen LogP contribution is 2.19. The van der Waals surface area contributed by atoms with Crippen LogP contribution in [0.5, 0.6) is 5.75 Å². The van der Waals surface area contributed by atoms with Crippen molar-refractivity contribution >= 4 is 5.91 Å². The van der Waals surface area contributed by atoms with Gasteiger partial charge < -0.3 is 19.4 Å². The van der Waals surface area contributed by atoms with Crippen LogP contribution in [0.15, 0.2) is 41.5 Å². The smallest absolute Gasteiger partial charge is 0.250 e. The summed E-state index contributed by atoms with van der Waals surface area (Å²) in [5.41, 5.74) is 1.41. The Morgan fingerprint density at radius 3 is 3.08 bits per heavy atom. The van der Waals surface area contributed by atoms with Gasteiger partial charge in [0.1, 0.15) is 5.75 Å². The molecule has 1 N–H and O–H groups in total. The van der Waals surface area contributed by atoms with Crippen molar-refractivity contribution in [2.24, 2.45) is 5.92 Å². The van der Waals surface area contributed by atoms with Gasteiger partial charge in [0, 0.05) is 36.3 Å². The van der Waals surface area contributed by atoms with E-state index >= 15 is 0 Å². The summed E-state index contributed by atoms with van der Waals surface area (Å²) < 4.78 is 11.0. The van der Waals surface area contributed by atoms with Crippen LogP contribution >= 0.6 is 0 Å². The second kappa shape index (κ2) is 8.62. The number of carbonyl (C=O) groups excluding carboxylic acids is 1. The molecule has 26 heavy (non-hydrogen) atoms. The van der Waals surface area contributed by atoms with Crippen LogP contribution in [0, 0.1) is 5.92 Å². The zero-order valence-electron chi connectivity index (χ0n) is 14.8. The first-order chi connectivity index (χ1) is 12.7. The third kappa shape index (κ3) is 4.70. The molecule has 0 spiro atoms. The Hall–Kier alpha value is -2.67. The lowest BCUT2D eigenvalue weighted by molar-refractivity contribution is -0.130. The number of aromatic amines is 1. The van der Waals surface area contributed by atoms with Crippen LogP contribution in [0.1, 0.15) is 11.3 Å². The van der Waals surface area contributed by atoms with E-state index in [-0.39, 0.29) is 17.4 Å². The zero-order valence-corrected chi connectivity index (χ0v) is 14.8. The quantitative estimate of drug-likeness (QED) is 0.864. The Bertz CT molecular complexity index is 805. The van der Waals surface area contributed by atoms with Gasteiger partial charge in [0.25, 0.3) is 5.56 Å². The molecule has 1 aromatic carbocycles. The number of hydrogen-bond donors (Lipinski definition) is 1. The van der Waals surface area contributed by atoms with Crippen molar-refractivity contribution < 1.29 is 14.3 Å². The van der Waals surface area contributed by atoms with E-state index < -0.39 is 0 Å². The van der Waals surface area contributed by atoms with Gasteiger partial charge in [0.15, 0.2) is 0 Å². The minimum Gasteiger partial charge on any atom is -0.496 e. The zero-order chi connectivity index (χ0) is 18.4. The molecule has 1 aromatic heterocycles. The number of carbonyl (C=O) groups is 1. The van der Waals surface area contributed by atoms with Crippen molar-refractivity contribution in [2.45, 2.75) is 12.8 Å². The molecule has 1 aliphatic heterocycles. The monoisotopic (exact) mass is 357 g/mol. The first-order valence-corrected chi connectivity index (χ1v) is 8.66. The molecule has 0 aliphatic carbocycles. The van der Waals surface area contributed by atoms with Gasteiger partial charge in [-0.3, -0.25) is 9.59 Å².